The van der Waals surface area contributed by atoms with Crippen LogP contribution in [0, 0.1) is 0 Å². The summed E-state index contributed by atoms with van der Waals surface area (Å²) in [6.07, 6.45) is -1.66. The van der Waals surface area contributed by atoms with Gasteiger partial charge in [-0.2, -0.15) is 0 Å². The number of ether oxygens (including phenoxy) is 4. The third kappa shape index (κ3) is 12.5. The maximum atomic E-state index is 10.1. The molecular weight excluding hydrogens is 220 g/mol. The van der Waals surface area contributed by atoms with Crippen LogP contribution < -0.4 is 11.5 Å². The van der Waals surface area contributed by atoms with Gasteiger partial charge in [0.25, 0.3) is 0 Å². The maximum Gasteiger partial charge on any atom is 0.404 e. The van der Waals surface area contributed by atoms with Crippen LogP contribution in [0.2, 0.25) is 0 Å². The molecule has 0 aliphatic rings. The molecule has 0 fully saturated rings. The lowest BCUT2D eigenvalue weighted by Gasteiger charge is -2.05. The molecular formula is C8H16N2O6. The van der Waals surface area contributed by atoms with Gasteiger partial charge in [0.15, 0.2) is 0 Å². The molecule has 0 saturated carbocycles. The smallest absolute Gasteiger partial charge is 0.404 e. The summed E-state index contributed by atoms with van der Waals surface area (Å²) < 4.78 is 18.9. The molecule has 4 N–H and O–H groups in total. The molecule has 0 aromatic rings. The SMILES string of the molecule is NC(=O)OCCOCCOCCOC(N)=O. The van der Waals surface area contributed by atoms with E-state index >= 15 is 0 Å². The van der Waals surface area contributed by atoms with E-state index in [0.717, 1.165) is 0 Å². The lowest BCUT2D eigenvalue weighted by Crippen LogP contribution is -2.18. The number of carbonyl (C=O) groups excluding carboxylic acids is 2. The molecule has 0 aliphatic carbocycles. The Labute approximate surface area is 92.8 Å². The van der Waals surface area contributed by atoms with E-state index in [-0.39, 0.29) is 26.4 Å². The number of primary amides is 2. The van der Waals surface area contributed by atoms with Crippen LogP contribution in [-0.4, -0.2) is 51.8 Å². The summed E-state index contributed by atoms with van der Waals surface area (Å²) in [5.74, 6) is 0. The van der Waals surface area contributed by atoms with Crippen molar-refractivity contribution in [2.24, 2.45) is 11.5 Å². The van der Waals surface area contributed by atoms with E-state index in [0.29, 0.717) is 13.2 Å². The second-order valence-corrected chi connectivity index (χ2v) is 2.56. The molecule has 0 spiro atoms. The maximum absolute atomic E-state index is 10.1. The van der Waals surface area contributed by atoms with Crippen molar-refractivity contribution in [3.05, 3.63) is 0 Å². The number of nitrogens with two attached hydrogens (primary N) is 2. The zero-order valence-electron chi connectivity index (χ0n) is 8.85. The molecule has 0 aliphatic heterocycles. The summed E-state index contributed by atoms with van der Waals surface area (Å²) in [5.41, 5.74) is 9.44. The molecule has 2 amide bonds. The third-order valence-corrected chi connectivity index (χ3v) is 1.32. The third-order valence-electron chi connectivity index (χ3n) is 1.32. The highest BCUT2D eigenvalue weighted by Crippen LogP contribution is 1.82. The van der Waals surface area contributed by atoms with Gasteiger partial charge in [-0.15, -0.1) is 0 Å². The topological polar surface area (TPSA) is 123 Å². The first-order valence-electron chi connectivity index (χ1n) is 4.63. The first-order chi connectivity index (χ1) is 7.63. The van der Waals surface area contributed by atoms with Crippen molar-refractivity contribution in [2.75, 3.05) is 39.6 Å². The quantitative estimate of drug-likeness (QED) is 0.506. The molecule has 16 heavy (non-hydrogen) atoms. The van der Waals surface area contributed by atoms with E-state index < -0.39 is 12.2 Å². The van der Waals surface area contributed by atoms with Gasteiger partial charge >= 0.3 is 12.2 Å². The fourth-order valence-corrected chi connectivity index (χ4v) is 0.724. The van der Waals surface area contributed by atoms with E-state index in [1.165, 1.54) is 0 Å². The predicted molar refractivity (Wildman–Crippen MR) is 52.7 cm³/mol. The molecule has 94 valence electrons. The Morgan fingerprint density at radius 1 is 0.688 bits per heavy atom. The molecule has 0 radical (unpaired) electrons. The minimum absolute atomic E-state index is 0.111. The molecule has 8 heteroatoms. The number of hydrogen-bond donors (Lipinski definition) is 2. The summed E-state index contributed by atoms with van der Waals surface area (Å²) in [5, 5.41) is 0. The lowest BCUT2D eigenvalue weighted by molar-refractivity contribution is 0.0171. The molecule has 0 aromatic heterocycles. The Morgan fingerprint density at radius 2 is 1.00 bits per heavy atom. The van der Waals surface area contributed by atoms with Crippen molar-refractivity contribution < 1.29 is 28.5 Å². The van der Waals surface area contributed by atoms with Crippen LogP contribution in [-0.2, 0) is 18.9 Å². The molecule has 0 bridgehead atoms. The van der Waals surface area contributed by atoms with Gasteiger partial charge in [0.2, 0.25) is 0 Å². The van der Waals surface area contributed by atoms with Gasteiger partial charge in [0.05, 0.1) is 26.4 Å². The number of amides is 2. The van der Waals surface area contributed by atoms with Crippen LogP contribution in [0.25, 0.3) is 0 Å². The zero-order valence-corrected chi connectivity index (χ0v) is 8.85. The molecule has 0 atom stereocenters. The van der Waals surface area contributed by atoms with Gasteiger partial charge in [-0.05, 0) is 0 Å². The Morgan fingerprint density at radius 3 is 1.31 bits per heavy atom. The van der Waals surface area contributed by atoms with Crippen molar-refractivity contribution in [1.29, 1.82) is 0 Å². The van der Waals surface area contributed by atoms with Gasteiger partial charge in [-0.1, -0.05) is 0 Å². The molecule has 0 rings (SSSR count). The number of rotatable bonds is 9. The standard InChI is InChI=1S/C8H16N2O6/c9-7(11)15-5-3-13-1-2-14-4-6-16-8(10)12/h1-6H2,(H2,9,11)(H2,10,12). The Bertz CT molecular complexity index is 189. The lowest BCUT2D eigenvalue weighted by atomic mass is 10.7. The fourth-order valence-electron chi connectivity index (χ4n) is 0.724. The van der Waals surface area contributed by atoms with Crippen LogP contribution in [0.4, 0.5) is 9.59 Å². The van der Waals surface area contributed by atoms with Crippen LogP contribution in [0.5, 0.6) is 0 Å². The van der Waals surface area contributed by atoms with Gasteiger partial charge in [0.1, 0.15) is 13.2 Å². The van der Waals surface area contributed by atoms with Gasteiger partial charge in [0, 0.05) is 0 Å². The minimum Gasteiger partial charge on any atom is -0.447 e. The van der Waals surface area contributed by atoms with E-state index in [2.05, 4.69) is 9.47 Å². The van der Waals surface area contributed by atoms with Gasteiger partial charge in [-0.25, -0.2) is 9.59 Å². The normalized spacial score (nSPS) is 9.75. The van der Waals surface area contributed by atoms with Crippen LogP contribution in [0.3, 0.4) is 0 Å². The molecule has 0 aromatic carbocycles. The van der Waals surface area contributed by atoms with E-state index in [1.54, 1.807) is 0 Å². The summed E-state index contributed by atoms with van der Waals surface area (Å²) >= 11 is 0. The van der Waals surface area contributed by atoms with Crippen molar-refractivity contribution in [1.82, 2.24) is 0 Å². The summed E-state index contributed by atoms with van der Waals surface area (Å²) in [6, 6.07) is 0. The number of carbonyl (C=O) groups is 2. The van der Waals surface area contributed by atoms with E-state index in [4.69, 9.17) is 20.9 Å². The highest BCUT2D eigenvalue weighted by molar-refractivity contribution is 5.64. The van der Waals surface area contributed by atoms with Crippen LogP contribution in [0.1, 0.15) is 0 Å². The zero-order chi connectivity index (χ0) is 12.2. The average Bonchev–Trinajstić information content (AvgIpc) is 2.20. The van der Waals surface area contributed by atoms with Gasteiger partial charge in [-0.3, -0.25) is 0 Å². The Hall–Kier alpha value is -1.54. The predicted octanol–water partition coefficient (Wildman–Crippen LogP) is -0.790. The second kappa shape index (κ2) is 9.99. The second-order valence-electron chi connectivity index (χ2n) is 2.56. The molecule has 0 heterocycles. The van der Waals surface area contributed by atoms with Crippen molar-refractivity contribution in [3.63, 3.8) is 0 Å². The number of hydrogen-bond acceptors (Lipinski definition) is 6. The first kappa shape index (κ1) is 14.5. The average molecular weight is 236 g/mol. The van der Waals surface area contributed by atoms with Crippen LogP contribution >= 0.6 is 0 Å². The van der Waals surface area contributed by atoms with Crippen molar-refractivity contribution in [2.45, 2.75) is 0 Å². The van der Waals surface area contributed by atoms with Crippen molar-refractivity contribution >= 4 is 12.2 Å². The highest BCUT2D eigenvalue weighted by atomic mass is 16.6. The summed E-state index contributed by atoms with van der Waals surface area (Å²) in [6.45, 7) is 1.42. The first-order valence-corrected chi connectivity index (χ1v) is 4.63. The Kier molecular flexibility index (Phi) is 9.03. The Balaban J connectivity index is 2.98. The largest absolute Gasteiger partial charge is 0.447 e. The van der Waals surface area contributed by atoms with E-state index in [1.807, 2.05) is 0 Å². The monoisotopic (exact) mass is 236 g/mol. The molecule has 0 saturated heterocycles. The van der Waals surface area contributed by atoms with Crippen LogP contribution in [0.15, 0.2) is 0 Å². The summed E-state index contributed by atoms with van der Waals surface area (Å²) in [4.78, 5) is 20.3. The summed E-state index contributed by atoms with van der Waals surface area (Å²) in [7, 11) is 0. The fraction of sp³-hybridized carbons (Fsp3) is 0.750. The molecule has 0 unspecified atom stereocenters. The highest BCUT2D eigenvalue weighted by Gasteiger charge is 1.95. The minimum atomic E-state index is -0.830. The molecule has 8 nitrogen and oxygen atoms in total. The van der Waals surface area contributed by atoms with Gasteiger partial charge < -0.3 is 30.4 Å². The van der Waals surface area contributed by atoms with E-state index in [9.17, 15) is 9.59 Å². The van der Waals surface area contributed by atoms with Crippen molar-refractivity contribution in [3.8, 4) is 0 Å².